The zero-order valence-corrected chi connectivity index (χ0v) is 23.2. The van der Waals surface area contributed by atoms with Crippen LogP contribution in [0, 0.1) is 23.7 Å². The molecule has 2 saturated carbocycles. The van der Waals surface area contributed by atoms with Crippen molar-refractivity contribution in [2.45, 2.75) is 87.5 Å². The maximum absolute atomic E-state index is 3.31. The molecule has 0 radical (unpaired) electrons. The minimum atomic E-state index is 0. The molecule has 0 unspecified atom stereocenters. The van der Waals surface area contributed by atoms with E-state index in [0.29, 0.717) is 0 Å². The van der Waals surface area contributed by atoms with Crippen molar-refractivity contribution in [1.82, 2.24) is 0 Å². The molecular weight excluding hydrogens is 420 g/mol. The van der Waals surface area contributed by atoms with E-state index in [2.05, 4.69) is 115 Å². The fourth-order valence-electron chi connectivity index (χ4n) is 3.19. The fraction of sp³-hybridized carbons (Fsp3) is 0.486. The van der Waals surface area contributed by atoms with Crippen molar-refractivity contribution in [3.8, 4) is 0 Å². The quantitative estimate of drug-likeness (QED) is 0.266. The average Bonchev–Trinajstić information content (AvgIpc) is 2.81. The summed E-state index contributed by atoms with van der Waals surface area (Å²) in [6.07, 6.45) is 10.8. The van der Waals surface area contributed by atoms with E-state index in [1.54, 1.807) is 0 Å². The molecule has 0 heteroatoms. The highest BCUT2D eigenvalue weighted by atomic mass is 14.3. The molecule has 35 heavy (non-hydrogen) atoms. The van der Waals surface area contributed by atoms with Gasteiger partial charge in [-0.25, -0.2) is 0 Å². The summed E-state index contributed by atoms with van der Waals surface area (Å²) in [4.78, 5) is 0. The summed E-state index contributed by atoms with van der Waals surface area (Å²) in [5.41, 5.74) is 36.9. The van der Waals surface area contributed by atoms with Crippen LogP contribution in [0.3, 0.4) is 0 Å². The van der Waals surface area contributed by atoms with E-state index < -0.39 is 0 Å². The van der Waals surface area contributed by atoms with Crippen molar-refractivity contribution in [3.05, 3.63) is 105 Å². The predicted octanol–water partition coefficient (Wildman–Crippen LogP) is 10.3. The summed E-state index contributed by atoms with van der Waals surface area (Å²) in [6, 6.07) is 0. The van der Waals surface area contributed by atoms with Crippen LogP contribution in [0.4, 0.5) is 0 Å². The van der Waals surface area contributed by atoms with Crippen LogP contribution in [0.2, 0.25) is 0 Å². The first-order valence-electron chi connectivity index (χ1n) is 12.5. The molecule has 2 fully saturated rings. The van der Waals surface area contributed by atoms with Gasteiger partial charge in [-0.2, -0.15) is 0 Å². The van der Waals surface area contributed by atoms with Gasteiger partial charge >= 0.3 is 0 Å². The van der Waals surface area contributed by atoms with Crippen molar-refractivity contribution in [3.63, 3.8) is 0 Å². The van der Waals surface area contributed by atoms with E-state index in [0.717, 1.165) is 35.7 Å². The van der Waals surface area contributed by atoms with Gasteiger partial charge in [-0.3, -0.25) is 0 Å². The predicted molar refractivity (Wildman–Crippen MR) is 154 cm³/mol. The minimum absolute atomic E-state index is 0. The highest BCUT2D eigenvalue weighted by Gasteiger charge is 2.20. The molecule has 0 N–H and O–H groups in total. The molecule has 2 aliphatic rings. The number of allylic oxidation sites excluding steroid dienone is 3. The van der Waals surface area contributed by atoms with Crippen LogP contribution in [0.25, 0.3) is 0 Å². The van der Waals surface area contributed by atoms with E-state index in [1.165, 1.54) is 25.7 Å². The first kappa shape index (κ1) is 33.6. The van der Waals surface area contributed by atoms with Gasteiger partial charge in [-0.1, -0.05) is 58.2 Å². The van der Waals surface area contributed by atoms with Gasteiger partial charge in [0.1, 0.15) is 0 Å². The normalized spacial score (nSPS) is 19.2. The second-order valence-corrected chi connectivity index (χ2v) is 8.97. The van der Waals surface area contributed by atoms with Gasteiger partial charge in [-0.05, 0) is 157 Å². The molecule has 0 spiro atoms. The molecule has 0 atom stereocenters. The maximum atomic E-state index is 3.31. The molecular formula is C35H46. The zero-order chi connectivity index (χ0) is 26.7. The Morgan fingerprint density at radius 3 is 1.11 bits per heavy atom. The molecule has 2 aliphatic carbocycles. The first-order valence-corrected chi connectivity index (χ1v) is 12.5. The Hall–Kier alpha value is -3.60. The van der Waals surface area contributed by atoms with Crippen LogP contribution in [0.5, 0.6) is 0 Å². The van der Waals surface area contributed by atoms with Crippen LogP contribution in [-0.4, -0.2) is 0 Å². The molecule has 0 aromatic rings. The number of hydrogen-bond acceptors (Lipinski definition) is 0. The summed E-state index contributed by atoms with van der Waals surface area (Å²) in [7, 11) is 0. The summed E-state index contributed by atoms with van der Waals surface area (Å²) < 4.78 is 0. The highest BCUT2D eigenvalue weighted by molar-refractivity contribution is 4.97. The van der Waals surface area contributed by atoms with E-state index in [4.69, 9.17) is 0 Å². The fourth-order valence-corrected chi connectivity index (χ4v) is 3.19. The molecule has 2 rings (SSSR count). The molecule has 0 heterocycles. The van der Waals surface area contributed by atoms with Crippen molar-refractivity contribution in [2.24, 2.45) is 23.7 Å². The van der Waals surface area contributed by atoms with Crippen molar-refractivity contribution < 1.29 is 2.85 Å². The third-order valence-electron chi connectivity index (χ3n) is 5.13. The Balaban J connectivity index is -0.000000244. The standard InChI is InChI=1S/C19H10.2C6H12.C4H8.2H2/c1-4-6-7-8-9-10-11-12-13-14-15-16-17-18-19(3)5-2;2*1-5-3-6(2)4-5;1-3-4-2;;/h1,5H2,2-3H3;2*5-6H,3-4H2,1-2H3;3-4H,1-2H3;2*1H/b;;;4-3-;;. The molecule has 186 valence electrons. The van der Waals surface area contributed by atoms with E-state index >= 15 is 0 Å². The van der Waals surface area contributed by atoms with Gasteiger partial charge in [0, 0.05) is 2.85 Å². The van der Waals surface area contributed by atoms with Crippen molar-refractivity contribution >= 4 is 0 Å². The third-order valence-corrected chi connectivity index (χ3v) is 5.13. The first-order chi connectivity index (χ1) is 16.8. The topological polar surface area (TPSA) is 0 Å². The molecule has 0 bridgehead atoms. The molecule has 0 aromatic carbocycles. The Kier molecular flexibility index (Phi) is 24.0. The van der Waals surface area contributed by atoms with Gasteiger partial charge in [0.05, 0.1) is 0 Å². The second-order valence-electron chi connectivity index (χ2n) is 8.97. The van der Waals surface area contributed by atoms with Gasteiger partial charge < -0.3 is 0 Å². The molecule has 0 amide bonds. The van der Waals surface area contributed by atoms with Crippen LogP contribution < -0.4 is 0 Å². The Morgan fingerprint density at radius 2 is 0.914 bits per heavy atom. The van der Waals surface area contributed by atoms with E-state index in [-0.39, 0.29) is 2.85 Å². The number of hydrogen-bond donors (Lipinski definition) is 0. The zero-order valence-electron chi connectivity index (χ0n) is 23.2. The summed E-state index contributed by atoms with van der Waals surface area (Å²) in [5, 5.41) is 0. The Morgan fingerprint density at radius 1 is 0.629 bits per heavy atom. The van der Waals surface area contributed by atoms with Crippen LogP contribution in [0.1, 0.15) is 90.3 Å². The summed E-state index contributed by atoms with van der Waals surface area (Å²) in [6.45, 7) is 20.6. The van der Waals surface area contributed by atoms with Gasteiger partial charge in [0.2, 0.25) is 0 Å². The van der Waals surface area contributed by atoms with Crippen molar-refractivity contribution in [2.75, 3.05) is 0 Å². The summed E-state index contributed by atoms with van der Waals surface area (Å²) >= 11 is 0. The smallest absolute Gasteiger partial charge is 0 e. The van der Waals surface area contributed by atoms with Gasteiger partial charge in [0.15, 0.2) is 0 Å². The second kappa shape index (κ2) is 25.0. The minimum Gasteiger partial charge on any atom is -0.0919 e. The van der Waals surface area contributed by atoms with Crippen LogP contribution >= 0.6 is 0 Å². The lowest BCUT2D eigenvalue weighted by Crippen LogP contribution is -2.16. The Labute approximate surface area is 218 Å². The van der Waals surface area contributed by atoms with Crippen LogP contribution in [0.15, 0.2) is 105 Å². The van der Waals surface area contributed by atoms with Crippen molar-refractivity contribution in [1.29, 1.82) is 0 Å². The average molecular weight is 467 g/mol. The third kappa shape index (κ3) is 26.5. The van der Waals surface area contributed by atoms with Gasteiger partial charge in [0.25, 0.3) is 0 Å². The monoisotopic (exact) mass is 466 g/mol. The molecule has 0 nitrogen and oxygen atoms in total. The van der Waals surface area contributed by atoms with E-state index in [1.807, 2.05) is 39.8 Å². The lowest BCUT2D eigenvalue weighted by Gasteiger charge is -2.28. The highest BCUT2D eigenvalue weighted by Crippen LogP contribution is 2.32. The molecule has 0 saturated heterocycles. The van der Waals surface area contributed by atoms with Gasteiger partial charge in [-0.15, -0.1) is 0 Å². The molecule has 0 aromatic heterocycles. The number of rotatable bonds is 1. The van der Waals surface area contributed by atoms with Crippen LogP contribution in [-0.2, 0) is 0 Å². The SMILES string of the molecule is C/C=C\C.C=C=C=C=C=C=C=C=C=C=C=C=C=C=C=C(C)CC.CC1CC(C)C1.CC1CC(C)C1.[HH].[HH]. The Bertz CT molecular complexity index is 1140. The largest absolute Gasteiger partial charge is 0.0919 e. The lowest BCUT2D eigenvalue weighted by atomic mass is 9.78. The molecule has 0 aliphatic heterocycles. The summed E-state index contributed by atoms with van der Waals surface area (Å²) in [5.74, 6) is 4.17. The lowest BCUT2D eigenvalue weighted by molar-refractivity contribution is 0.233. The van der Waals surface area contributed by atoms with E-state index in [9.17, 15) is 0 Å². The maximum Gasteiger partial charge on any atom is 0 e.